The molecule has 0 bridgehead atoms. The summed E-state index contributed by atoms with van der Waals surface area (Å²) in [6.07, 6.45) is 0.453. The van der Waals surface area contributed by atoms with Gasteiger partial charge >= 0.3 is 0 Å². The quantitative estimate of drug-likeness (QED) is 0.204. The van der Waals surface area contributed by atoms with E-state index in [1.165, 1.54) is 0 Å². The van der Waals surface area contributed by atoms with Crippen LogP contribution in [-0.2, 0) is 9.22 Å². The molecular weight excluding hydrogens is 164 g/mol. The van der Waals surface area contributed by atoms with Crippen molar-refractivity contribution in [2.45, 2.75) is 6.10 Å². The lowest BCUT2D eigenvalue weighted by Crippen LogP contribution is -2.04. The maximum Gasteiger partial charge on any atom is 0.265 e. The molecule has 0 N–H and O–H groups in total. The largest absolute Gasteiger partial charge is 0.265 e. The summed E-state index contributed by atoms with van der Waals surface area (Å²) in [6, 6.07) is 3.16. The van der Waals surface area contributed by atoms with Gasteiger partial charge in [-0.05, 0) is 0 Å². The van der Waals surface area contributed by atoms with Crippen molar-refractivity contribution in [3.05, 3.63) is 12.7 Å². The second-order valence-electron chi connectivity index (χ2n) is 1.38. The van der Waals surface area contributed by atoms with E-state index in [4.69, 9.17) is 10.5 Å². The minimum absolute atomic E-state index is 0.545. The zero-order chi connectivity index (χ0) is 8.53. The Morgan fingerprint density at radius 2 is 2.18 bits per heavy atom. The van der Waals surface area contributed by atoms with Crippen molar-refractivity contribution in [3.63, 3.8) is 0 Å². The van der Waals surface area contributed by atoms with Crippen molar-refractivity contribution in [2.24, 2.45) is 0 Å². The van der Waals surface area contributed by atoms with Gasteiger partial charge < -0.3 is 0 Å². The highest BCUT2D eigenvalue weighted by atomic mass is 32.2. The van der Waals surface area contributed by atoms with Gasteiger partial charge in [0.25, 0.3) is 6.10 Å². The second kappa shape index (κ2) is 7.10. The molecular formula is C6H6N2O2S. The normalized spacial score (nSPS) is 8.64. The molecule has 0 saturated heterocycles. The van der Waals surface area contributed by atoms with Crippen LogP contribution in [0.25, 0.3) is 0 Å². The number of hydrogen-bond donors (Lipinski definition) is 0. The summed E-state index contributed by atoms with van der Waals surface area (Å²) < 4.78 is 4.42. The summed E-state index contributed by atoms with van der Waals surface area (Å²) in [5.41, 5.74) is 0. The lowest BCUT2D eigenvalue weighted by molar-refractivity contribution is -0.198. The van der Waals surface area contributed by atoms with Gasteiger partial charge in [-0.15, -0.1) is 6.58 Å². The van der Waals surface area contributed by atoms with E-state index >= 15 is 0 Å². The van der Waals surface area contributed by atoms with Crippen molar-refractivity contribution < 1.29 is 9.22 Å². The van der Waals surface area contributed by atoms with Crippen LogP contribution < -0.4 is 0 Å². The summed E-state index contributed by atoms with van der Waals surface area (Å²) in [5, 5.41) is 16.4. The Morgan fingerprint density at radius 3 is 2.64 bits per heavy atom. The first-order valence-electron chi connectivity index (χ1n) is 2.70. The molecule has 0 atom stereocenters. The molecule has 4 nitrogen and oxygen atoms in total. The summed E-state index contributed by atoms with van der Waals surface area (Å²) in [7, 11) is 0. The molecule has 0 aliphatic heterocycles. The number of hydrogen-bond acceptors (Lipinski definition) is 5. The molecule has 0 rings (SSSR count). The fourth-order valence-corrected chi connectivity index (χ4v) is 0.501. The minimum Gasteiger partial charge on any atom is -0.194 e. The molecule has 0 unspecified atom stereocenters. The third-order valence-corrected chi connectivity index (χ3v) is 1.15. The van der Waals surface area contributed by atoms with Crippen LogP contribution in [-0.4, -0.2) is 11.9 Å². The van der Waals surface area contributed by atoms with E-state index in [2.05, 4.69) is 15.8 Å². The van der Waals surface area contributed by atoms with Gasteiger partial charge in [0.15, 0.2) is 0 Å². The Balaban J connectivity index is 3.32. The summed E-state index contributed by atoms with van der Waals surface area (Å²) in [4.78, 5) is 4.34. The van der Waals surface area contributed by atoms with Crippen LogP contribution in [0, 0.1) is 22.7 Å². The Hall–Kier alpha value is -1.01. The van der Waals surface area contributed by atoms with Crippen LogP contribution in [0.3, 0.4) is 0 Å². The van der Waals surface area contributed by atoms with Crippen molar-refractivity contribution in [3.8, 4) is 12.1 Å². The number of rotatable bonds is 5. The summed E-state index contributed by atoms with van der Waals surface area (Å²) >= 11 is 0.970. The van der Waals surface area contributed by atoms with Crippen molar-refractivity contribution in [1.82, 2.24) is 0 Å². The molecule has 0 amide bonds. The van der Waals surface area contributed by atoms with Gasteiger partial charge in [-0.25, -0.2) is 0 Å². The van der Waals surface area contributed by atoms with E-state index in [9.17, 15) is 0 Å². The summed E-state index contributed by atoms with van der Waals surface area (Å²) in [5.74, 6) is 0.545. The molecule has 0 aliphatic rings. The monoisotopic (exact) mass is 170 g/mol. The van der Waals surface area contributed by atoms with Crippen LogP contribution in [0.4, 0.5) is 0 Å². The lowest BCUT2D eigenvalue weighted by atomic mass is 10.5. The predicted molar refractivity (Wildman–Crippen MR) is 39.8 cm³/mol. The molecule has 0 fully saturated rings. The van der Waals surface area contributed by atoms with E-state index in [0.29, 0.717) is 5.75 Å². The molecule has 0 saturated carbocycles. The molecule has 0 aromatic heterocycles. The second-order valence-corrected chi connectivity index (χ2v) is 2.08. The van der Waals surface area contributed by atoms with Gasteiger partial charge in [0.05, 0.1) is 0 Å². The standard InChI is InChI=1S/C6H6N2O2S/c1-2-3-11-10-9-6(4-7)5-8/h2,6H,1,3H2. The van der Waals surface area contributed by atoms with Crippen LogP contribution >= 0.6 is 12.0 Å². The number of nitriles is 2. The molecule has 0 aliphatic carbocycles. The first-order chi connectivity index (χ1) is 5.35. The van der Waals surface area contributed by atoms with Gasteiger partial charge in [-0.3, -0.25) is 0 Å². The van der Waals surface area contributed by atoms with E-state index in [1.807, 2.05) is 0 Å². The zero-order valence-corrected chi connectivity index (χ0v) is 6.50. The topological polar surface area (TPSA) is 66.0 Å². The van der Waals surface area contributed by atoms with Crippen LogP contribution in [0.15, 0.2) is 12.7 Å². The predicted octanol–water partition coefficient (Wildman–Crippen LogP) is 1.18. The fraction of sp³-hybridized carbons (Fsp3) is 0.333. The molecule has 0 heterocycles. The van der Waals surface area contributed by atoms with Crippen LogP contribution in [0.5, 0.6) is 0 Å². The molecule has 5 heteroatoms. The average Bonchev–Trinajstić information content (AvgIpc) is 2.05. The highest BCUT2D eigenvalue weighted by Gasteiger charge is 2.04. The molecule has 11 heavy (non-hydrogen) atoms. The first kappa shape index (κ1) is 9.99. The SMILES string of the molecule is C=CCSOOC(C#N)C#N. The molecule has 0 aromatic rings. The lowest BCUT2D eigenvalue weighted by Gasteiger charge is -1.98. The maximum absolute atomic E-state index is 8.18. The van der Waals surface area contributed by atoms with Gasteiger partial charge in [0.1, 0.15) is 12.1 Å². The minimum atomic E-state index is -1.16. The van der Waals surface area contributed by atoms with Crippen molar-refractivity contribution in [1.29, 1.82) is 10.5 Å². The third kappa shape index (κ3) is 5.43. The Labute approximate surface area is 69.1 Å². The van der Waals surface area contributed by atoms with Gasteiger partial charge in [-0.2, -0.15) is 19.7 Å². The Kier molecular flexibility index (Phi) is 6.45. The first-order valence-corrected chi connectivity index (χ1v) is 3.61. The van der Waals surface area contributed by atoms with E-state index < -0.39 is 6.10 Å². The van der Waals surface area contributed by atoms with Crippen molar-refractivity contribution in [2.75, 3.05) is 5.75 Å². The van der Waals surface area contributed by atoms with Gasteiger partial charge in [-0.1, -0.05) is 6.08 Å². The highest BCUT2D eigenvalue weighted by Crippen LogP contribution is 2.04. The third-order valence-electron chi connectivity index (χ3n) is 0.604. The fourth-order valence-electron chi connectivity index (χ4n) is 0.215. The Bertz CT molecular complexity index is 180. The van der Waals surface area contributed by atoms with Gasteiger partial charge in [0, 0.05) is 17.8 Å². The highest BCUT2D eigenvalue weighted by molar-refractivity contribution is 7.94. The number of nitrogens with zero attached hydrogens (tertiary/aromatic N) is 2. The summed E-state index contributed by atoms with van der Waals surface area (Å²) in [6.45, 7) is 3.43. The molecule has 0 spiro atoms. The van der Waals surface area contributed by atoms with E-state index in [-0.39, 0.29) is 0 Å². The zero-order valence-electron chi connectivity index (χ0n) is 5.69. The molecule has 0 aromatic carbocycles. The maximum atomic E-state index is 8.18. The van der Waals surface area contributed by atoms with Gasteiger partial charge in [0.2, 0.25) is 0 Å². The molecule has 58 valence electrons. The smallest absolute Gasteiger partial charge is 0.194 e. The Morgan fingerprint density at radius 1 is 1.55 bits per heavy atom. The van der Waals surface area contributed by atoms with E-state index in [0.717, 1.165) is 12.0 Å². The van der Waals surface area contributed by atoms with Crippen LogP contribution in [0.2, 0.25) is 0 Å². The van der Waals surface area contributed by atoms with E-state index in [1.54, 1.807) is 18.2 Å². The van der Waals surface area contributed by atoms with Crippen molar-refractivity contribution >= 4 is 12.0 Å². The van der Waals surface area contributed by atoms with Crippen LogP contribution in [0.1, 0.15) is 0 Å². The molecule has 0 radical (unpaired) electrons. The average molecular weight is 170 g/mol.